The van der Waals surface area contributed by atoms with Crippen molar-refractivity contribution in [3.05, 3.63) is 82.1 Å². The maximum atomic E-state index is 14.9. The predicted molar refractivity (Wildman–Crippen MR) is 153 cm³/mol. The van der Waals surface area contributed by atoms with Gasteiger partial charge in [0.05, 0.1) is 21.7 Å². The normalized spacial score (nSPS) is 15.4. The van der Waals surface area contributed by atoms with Gasteiger partial charge in [-0.3, -0.25) is 4.79 Å². The summed E-state index contributed by atoms with van der Waals surface area (Å²) in [7, 11) is 0. The number of aryl methyl sites for hydroxylation is 1. The molecule has 3 aromatic heterocycles. The lowest BCUT2D eigenvalue weighted by atomic mass is 10.1. The minimum atomic E-state index is -0.710. The van der Waals surface area contributed by atoms with Crippen LogP contribution >= 0.6 is 11.6 Å². The Labute approximate surface area is 235 Å². The van der Waals surface area contributed by atoms with E-state index >= 15 is 0 Å². The van der Waals surface area contributed by atoms with Crippen molar-refractivity contribution in [1.82, 2.24) is 24.4 Å². The number of fused-ring (bicyclic) bond motifs is 1. The molecule has 0 bridgehead atoms. The van der Waals surface area contributed by atoms with Crippen LogP contribution in [-0.2, 0) is 11.2 Å². The number of phenols is 1. The van der Waals surface area contributed by atoms with Gasteiger partial charge >= 0.3 is 5.69 Å². The van der Waals surface area contributed by atoms with E-state index in [0.717, 1.165) is 12.0 Å². The molecule has 0 unspecified atom stereocenters. The van der Waals surface area contributed by atoms with E-state index in [1.54, 1.807) is 23.2 Å². The van der Waals surface area contributed by atoms with Gasteiger partial charge in [-0.1, -0.05) is 43.7 Å². The molecule has 1 fully saturated rings. The van der Waals surface area contributed by atoms with E-state index in [0.29, 0.717) is 43.1 Å². The molecule has 1 N–H and O–H groups in total. The first-order valence-corrected chi connectivity index (χ1v) is 13.4. The summed E-state index contributed by atoms with van der Waals surface area (Å²) in [5.74, 6) is -0.499. The number of hydrogen-bond donors (Lipinski definition) is 1. The van der Waals surface area contributed by atoms with E-state index < -0.39 is 11.5 Å². The number of piperazine rings is 1. The van der Waals surface area contributed by atoms with E-state index in [1.165, 1.54) is 28.8 Å². The first-order chi connectivity index (χ1) is 19.2. The molecule has 206 valence electrons. The number of rotatable bonds is 6. The van der Waals surface area contributed by atoms with Crippen LogP contribution in [0.1, 0.15) is 25.8 Å². The molecule has 0 radical (unpaired) electrons. The number of aromatic hydroxyl groups is 1. The fourth-order valence-corrected chi connectivity index (χ4v) is 5.38. The molecule has 0 spiro atoms. The molecule has 1 saturated heterocycles. The molecule has 40 heavy (non-hydrogen) atoms. The summed E-state index contributed by atoms with van der Waals surface area (Å²) in [5.41, 5.74) is 0.183. The Morgan fingerprint density at radius 1 is 1.23 bits per heavy atom. The number of halogens is 2. The van der Waals surface area contributed by atoms with Crippen molar-refractivity contribution >= 4 is 34.4 Å². The number of aromatic nitrogens is 4. The molecule has 5 rings (SSSR count). The van der Waals surface area contributed by atoms with Gasteiger partial charge in [-0.05, 0) is 49.2 Å². The van der Waals surface area contributed by atoms with Crippen molar-refractivity contribution in [2.24, 2.45) is 0 Å². The first-order valence-electron chi connectivity index (χ1n) is 13.0. The Balaban J connectivity index is 1.79. The lowest BCUT2D eigenvalue weighted by Gasteiger charge is -2.40. The quantitative estimate of drug-likeness (QED) is 0.345. The van der Waals surface area contributed by atoms with Crippen LogP contribution in [-0.4, -0.2) is 61.1 Å². The number of phenolic OH excluding ortho intramolecular Hbond substituents is 1. The molecule has 1 aliphatic heterocycles. The van der Waals surface area contributed by atoms with Crippen LogP contribution in [0.15, 0.2) is 60.0 Å². The van der Waals surface area contributed by atoms with Crippen LogP contribution in [0.3, 0.4) is 0 Å². The smallest absolute Gasteiger partial charge is 0.357 e. The average molecular weight is 563 g/mol. The molecule has 4 aromatic rings. The van der Waals surface area contributed by atoms with E-state index in [-0.39, 0.29) is 39.6 Å². The van der Waals surface area contributed by atoms with Crippen LogP contribution in [0.2, 0.25) is 5.02 Å². The number of benzene rings is 1. The highest BCUT2D eigenvalue weighted by Crippen LogP contribution is 2.38. The molecule has 4 heterocycles. The molecule has 1 atom stereocenters. The highest BCUT2D eigenvalue weighted by Gasteiger charge is 2.30. The van der Waals surface area contributed by atoms with Gasteiger partial charge in [0.2, 0.25) is 5.91 Å². The number of carbonyl (C=O) groups is 1. The third-order valence-electron chi connectivity index (χ3n) is 7.01. The van der Waals surface area contributed by atoms with E-state index in [4.69, 9.17) is 11.6 Å². The van der Waals surface area contributed by atoms with Gasteiger partial charge in [0, 0.05) is 31.9 Å². The van der Waals surface area contributed by atoms with Crippen molar-refractivity contribution in [2.75, 3.05) is 24.5 Å². The van der Waals surface area contributed by atoms with Crippen molar-refractivity contribution < 1.29 is 14.3 Å². The van der Waals surface area contributed by atoms with E-state index in [1.807, 2.05) is 24.8 Å². The molecule has 0 aliphatic carbocycles. The van der Waals surface area contributed by atoms with Crippen LogP contribution in [0.5, 0.6) is 5.75 Å². The number of carbonyl (C=O) groups excluding carboxylic acids is 1. The second kappa shape index (κ2) is 11.1. The van der Waals surface area contributed by atoms with Gasteiger partial charge in [-0.15, -0.1) is 0 Å². The summed E-state index contributed by atoms with van der Waals surface area (Å²) < 4.78 is 16.2. The standard InChI is InChI=1S/C29H28ClFN6O3/c1-4-8-18-9-7-12-32-26(18)37-28-19(15-20(30)25(33-28)24-21(31)10-6-11-22(24)38)27(34-29(37)40)36-14-13-35(16-17(36)3)23(39)5-2/h5-7,9-12,15,17,38H,2,4,8,13-14,16H2,1,3H3/t17-/m0/s1. The van der Waals surface area contributed by atoms with Gasteiger partial charge in [-0.2, -0.15) is 4.98 Å². The van der Waals surface area contributed by atoms with Crippen molar-refractivity contribution in [3.8, 4) is 22.8 Å². The van der Waals surface area contributed by atoms with Crippen LogP contribution in [0.4, 0.5) is 10.2 Å². The maximum Gasteiger partial charge on any atom is 0.357 e. The molecule has 1 amide bonds. The Bertz CT molecular complexity index is 1670. The summed E-state index contributed by atoms with van der Waals surface area (Å²) in [4.78, 5) is 43.2. The third-order valence-corrected chi connectivity index (χ3v) is 7.30. The van der Waals surface area contributed by atoms with Gasteiger partial charge < -0.3 is 14.9 Å². The topological polar surface area (TPSA) is 104 Å². The zero-order valence-corrected chi connectivity index (χ0v) is 22.9. The second-order valence-electron chi connectivity index (χ2n) is 9.64. The Morgan fingerprint density at radius 2 is 2.02 bits per heavy atom. The number of pyridine rings is 2. The Morgan fingerprint density at radius 3 is 2.73 bits per heavy atom. The molecule has 0 saturated carbocycles. The number of hydrogen-bond acceptors (Lipinski definition) is 7. The van der Waals surface area contributed by atoms with E-state index in [2.05, 4.69) is 21.5 Å². The minimum absolute atomic E-state index is 0.0162. The lowest BCUT2D eigenvalue weighted by Crippen LogP contribution is -2.54. The zero-order valence-electron chi connectivity index (χ0n) is 22.1. The average Bonchev–Trinajstić information content (AvgIpc) is 2.93. The zero-order chi connectivity index (χ0) is 28.6. The Kier molecular flexibility index (Phi) is 7.53. The summed E-state index contributed by atoms with van der Waals surface area (Å²) >= 11 is 6.68. The molecular formula is C29H28ClFN6O3. The van der Waals surface area contributed by atoms with Crippen LogP contribution in [0, 0.1) is 5.82 Å². The monoisotopic (exact) mass is 562 g/mol. The molecule has 11 heteroatoms. The fraction of sp³-hybridized carbons (Fsp3) is 0.276. The predicted octanol–water partition coefficient (Wildman–Crippen LogP) is 4.52. The maximum absolute atomic E-state index is 14.9. The summed E-state index contributed by atoms with van der Waals surface area (Å²) in [6.07, 6.45) is 4.33. The molecule has 1 aliphatic rings. The molecular weight excluding hydrogens is 535 g/mol. The Hall–Kier alpha value is -4.31. The van der Waals surface area contributed by atoms with Crippen LogP contribution < -0.4 is 10.6 Å². The summed E-state index contributed by atoms with van der Waals surface area (Å²) in [6, 6.07) is 8.99. The van der Waals surface area contributed by atoms with Crippen molar-refractivity contribution in [3.63, 3.8) is 0 Å². The van der Waals surface area contributed by atoms with Gasteiger partial charge in [-0.25, -0.2) is 23.7 Å². The van der Waals surface area contributed by atoms with Crippen molar-refractivity contribution in [1.29, 1.82) is 0 Å². The van der Waals surface area contributed by atoms with Gasteiger partial charge in [0.1, 0.15) is 23.2 Å². The third kappa shape index (κ3) is 4.79. The fourth-order valence-electron chi connectivity index (χ4n) is 5.14. The number of anilines is 1. The highest BCUT2D eigenvalue weighted by atomic mass is 35.5. The van der Waals surface area contributed by atoms with E-state index in [9.17, 15) is 19.1 Å². The highest BCUT2D eigenvalue weighted by molar-refractivity contribution is 6.34. The van der Waals surface area contributed by atoms with Gasteiger partial charge in [0.15, 0.2) is 5.65 Å². The number of nitrogens with zero attached hydrogens (tertiary/aromatic N) is 6. The summed E-state index contributed by atoms with van der Waals surface area (Å²) in [5, 5.41) is 11.0. The van der Waals surface area contributed by atoms with Crippen molar-refractivity contribution in [2.45, 2.75) is 32.7 Å². The SMILES string of the molecule is C=CC(=O)N1CCN(c2nc(=O)n(-c3ncccc3CCC)c3nc(-c4c(O)cccc4F)c(Cl)cc23)[C@@H](C)C1. The first kappa shape index (κ1) is 27.3. The van der Waals surface area contributed by atoms with Gasteiger partial charge in [0.25, 0.3) is 0 Å². The largest absolute Gasteiger partial charge is 0.507 e. The number of amides is 1. The second-order valence-corrected chi connectivity index (χ2v) is 10.1. The molecule has 9 nitrogen and oxygen atoms in total. The molecule has 1 aromatic carbocycles. The van der Waals surface area contributed by atoms with Crippen LogP contribution in [0.25, 0.3) is 28.1 Å². The lowest BCUT2D eigenvalue weighted by molar-refractivity contribution is -0.126. The summed E-state index contributed by atoms with van der Waals surface area (Å²) in [6.45, 7) is 8.74. The minimum Gasteiger partial charge on any atom is -0.507 e.